The molecule has 76 valence electrons. The van der Waals surface area contributed by atoms with E-state index < -0.39 is 11.9 Å². The highest BCUT2D eigenvalue weighted by Crippen LogP contribution is 2.16. The lowest BCUT2D eigenvalue weighted by Gasteiger charge is -2.05. The quantitative estimate of drug-likeness (QED) is 0.592. The first-order valence-corrected chi connectivity index (χ1v) is 3.78. The molecular weight excluding hydrogens is 195 g/mol. The number of halogens is 3. The Balaban J connectivity index is 2.65. The fourth-order valence-electron chi connectivity index (χ4n) is 0.633. The minimum Gasteiger partial charge on any atom is -0.261 e. The largest absolute Gasteiger partial charge is 0.430 e. The summed E-state index contributed by atoms with van der Waals surface area (Å²) in [5.41, 5.74) is 1.27. The highest BCUT2D eigenvalue weighted by atomic mass is 19.4. The Hall–Kier alpha value is -1.59. The Morgan fingerprint density at radius 3 is 2.64 bits per heavy atom. The van der Waals surface area contributed by atoms with Crippen molar-refractivity contribution in [2.24, 2.45) is 5.10 Å². The molecule has 0 saturated carbocycles. The molecule has 1 N–H and O–H groups in total. The Morgan fingerprint density at radius 1 is 1.43 bits per heavy atom. The van der Waals surface area contributed by atoms with Crippen LogP contribution >= 0.6 is 0 Å². The zero-order valence-corrected chi connectivity index (χ0v) is 7.34. The third-order valence-electron chi connectivity index (χ3n) is 1.41. The summed E-state index contributed by atoms with van der Waals surface area (Å²) >= 11 is 0. The predicted octanol–water partition coefficient (Wildman–Crippen LogP) is 2.43. The monoisotopic (exact) mass is 203 g/mol. The average molecular weight is 203 g/mol. The standard InChI is InChI=1S/C8H8F3N3/c1-6(8(9,10)11)13-14-7-4-2-3-5-12-7/h2-5H,1H3,(H,12,14). The fourth-order valence-corrected chi connectivity index (χ4v) is 0.633. The Morgan fingerprint density at radius 2 is 2.14 bits per heavy atom. The minimum absolute atomic E-state index is 0.274. The molecule has 0 unspecified atom stereocenters. The molecule has 0 aliphatic rings. The summed E-state index contributed by atoms with van der Waals surface area (Å²) in [6.45, 7) is 0.885. The molecule has 0 aromatic carbocycles. The van der Waals surface area contributed by atoms with Crippen LogP contribution in [0.15, 0.2) is 29.5 Å². The number of hydrazone groups is 1. The van der Waals surface area contributed by atoms with Gasteiger partial charge in [0.2, 0.25) is 0 Å². The first kappa shape index (κ1) is 10.5. The summed E-state index contributed by atoms with van der Waals surface area (Å²) in [5, 5.41) is 3.14. The number of rotatable bonds is 2. The van der Waals surface area contributed by atoms with Crippen LogP contribution in [0, 0.1) is 0 Å². The summed E-state index contributed by atoms with van der Waals surface area (Å²) < 4.78 is 35.9. The SMILES string of the molecule is CC(=NNc1ccccn1)C(F)(F)F. The van der Waals surface area contributed by atoms with E-state index in [-0.39, 0.29) is 5.82 Å². The van der Waals surface area contributed by atoms with Crippen molar-refractivity contribution in [3.63, 3.8) is 0 Å². The van der Waals surface area contributed by atoms with E-state index in [4.69, 9.17) is 0 Å². The second-order valence-electron chi connectivity index (χ2n) is 2.52. The molecule has 1 aromatic heterocycles. The van der Waals surface area contributed by atoms with Gasteiger partial charge in [-0.15, -0.1) is 0 Å². The number of hydrogen-bond donors (Lipinski definition) is 1. The number of pyridine rings is 1. The third-order valence-corrected chi connectivity index (χ3v) is 1.41. The molecule has 0 radical (unpaired) electrons. The van der Waals surface area contributed by atoms with Crippen molar-refractivity contribution >= 4 is 11.5 Å². The molecule has 0 aliphatic carbocycles. The summed E-state index contributed by atoms with van der Waals surface area (Å²) in [5.74, 6) is 0.274. The molecule has 14 heavy (non-hydrogen) atoms. The summed E-state index contributed by atoms with van der Waals surface area (Å²) in [6.07, 6.45) is -2.94. The van der Waals surface area contributed by atoms with Crippen molar-refractivity contribution in [3.8, 4) is 0 Å². The van der Waals surface area contributed by atoms with Crippen LogP contribution in [0.1, 0.15) is 6.92 Å². The van der Waals surface area contributed by atoms with E-state index in [9.17, 15) is 13.2 Å². The Bertz CT molecular complexity index is 318. The molecule has 6 heteroatoms. The number of aromatic nitrogens is 1. The summed E-state index contributed by atoms with van der Waals surface area (Å²) in [7, 11) is 0. The molecule has 0 spiro atoms. The van der Waals surface area contributed by atoms with E-state index in [0.29, 0.717) is 0 Å². The molecular formula is C8H8F3N3. The number of alkyl halides is 3. The van der Waals surface area contributed by atoms with E-state index in [0.717, 1.165) is 6.92 Å². The molecule has 3 nitrogen and oxygen atoms in total. The van der Waals surface area contributed by atoms with Gasteiger partial charge in [0.15, 0.2) is 0 Å². The average Bonchev–Trinajstić information content (AvgIpc) is 2.14. The molecule has 0 bridgehead atoms. The van der Waals surface area contributed by atoms with E-state index in [2.05, 4.69) is 15.5 Å². The lowest BCUT2D eigenvalue weighted by Crippen LogP contribution is -2.20. The van der Waals surface area contributed by atoms with E-state index in [1.54, 1.807) is 12.1 Å². The van der Waals surface area contributed by atoms with Gasteiger partial charge in [-0.05, 0) is 19.1 Å². The molecule has 0 amide bonds. The summed E-state index contributed by atoms with van der Waals surface area (Å²) in [6, 6.07) is 4.83. The number of anilines is 1. The van der Waals surface area contributed by atoms with Crippen LogP contribution in [0.4, 0.5) is 19.0 Å². The normalized spacial score (nSPS) is 12.7. The van der Waals surface area contributed by atoms with Crippen molar-refractivity contribution in [1.82, 2.24) is 4.98 Å². The van der Waals surface area contributed by atoms with Gasteiger partial charge in [0.05, 0.1) is 0 Å². The first-order valence-electron chi connectivity index (χ1n) is 3.78. The van der Waals surface area contributed by atoms with E-state index in [1.165, 1.54) is 12.3 Å². The smallest absolute Gasteiger partial charge is 0.261 e. The van der Waals surface area contributed by atoms with Crippen LogP contribution in [0.3, 0.4) is 0 Å². The van der Waals surface area contributed by atoms with E-state index in [1.807, 2.05) is 0 Å². The van der Waals surface area contributed by atoms with Gasteiger partial charge < -0.3 is 0 Å². The van der Waals surface area contributed by atoms with Crippen LogP contribution in [0.2, 0.25) is 0 Å². The van der Waals surface area contributed by atoms with Gasteiger partial charge >= 0.3 is 6.18 Å². The molecule has 1 rings (SSSR count). The second-order valence-corrected chi connectivity index (χ2v) is 2.52. The van der Waals surface area contributed by atoms with Gasteiger partial charge in [0, 0.05) is 6.20 Å². The van der Waals surface area contributed by atoms with E-state index >= 15 is 0 Å². The maximum Gasteiger partial charge on any atom is 0.430 e. The van der Waals surface area contributed by atoms with Crippen molar-refractivity contribution in [2.45, 2.75) is 13.1 Å². The van der Waals surface area contributed by atoms with Gasteiger partial charge in [-0.2, -0.15) is 18.3 Å². The Kier molecular flexibility index (Phi) is 3.06. The zero-order chi connectivity index (χ0) is 10.6. The molecule has 0 atom stereocenters. The van der Waals surface area contributed by atoms with Crippen LogP contribution in [0.5, 0.6) is 0 Å². The van der Waals surface area contributed by atoms with Crippen LogP contribution in [-0.4, -0.2) is 16.9 Å². The maximum absolute atomic E-state index is 12.0. The van der Waals surface area contributed by atoms with Crippen molar-refractivity contribution in [3.05, 3.63) is 24.4 Å². The lowest BCUT2D eigenvalue weighted by atomic mass is 10.4. The van der Waals surface area contributed by atoms with Crippen LogP contribution < -0.4 is 5.43 Å². The second kappa shape index (κ2) is 4.08. The highest BCUT2D eigenvalue weighted by Gasteiger charge is 2.32. The van der Waals surface area contributed by atoms with Crippen LogP contribution in [-0.2, 0) is 0 Å². The van der Waals surface area contributed by atoms with Gasteiger partial charge in [-0.3, -0.25) is 5.43 Å². The number of hydrogen-bond acceptors (Lipinski definition) is 3. The molecule has 0 aliphatic heterocycles. The van der Waals surface area contributed by atoms with Gasteiger partial charge in [0.1, 0.15) is 11.5 Å². The third kappa shape index (κ3) is 3.04. The minimum atomic E-state index is -4.40. The highest BCUT2D eigenvalue weighted by molar-refractivity contribution is 5.87. The van der Waals surface area contributed by atoms with Gasteiger partial charge in [-0.25, -0.2) is 4.98 Å². The summed E-state index contributed by atoms with van der Waals surface area (Å²) in [4.78, 5) is 3.75. The predicted molar refractivity (Wildman–Crippen MR) is 47.0 cm³/mol. The molecule has 1 heterocycles. The molecule has 0 fully saturated rings. The number of nitrogens with one attached hydrogen (secondary N) is 1. The van der Waals surface area contributed by atoms with Gasteiger partial charge in [-0.1, -0.05) is 6.07 Å². The van der Waals surface area contributed by atoms with Crippen LogP contribution in [0.25, 0.3) is 0 Å². The van der Waals surface area contributed by atoms with Crippen molar-refractivity contribution in [2.75, 3.05) is 5.43 Å². The lowest BCUT2D eigenvalue weighted by molar-refractivity contribution is -0.0592. The topological polar surface area (TPSA) is 37.3 Å². The van der Waals surface area contributed by atoms with Gasteiger partial charge in [0.25, 0.3) is 0 Å². The zero-order valence-electron chi connectivity index (χ0n) is 7.34. The fraction of sp³-hybridized carbons (Fsp3) is 0.250. The maximum atomic E-state index is 12.0. The first-order chi connectivity index (χ1) is 6.50. The molecule has 1 aromatic rings. The Labute approximate surface area is 78.7 Å². The number of nitrogens with zero attached hydrogens (tertiary/aromatic N) is 2. The van der Waals surface area contributed by atoms with Crippen molar-refractivity contribution < 1.29 is 13.2 Å². The van der Waals surface area contributed by atoms with Crippen molar-refractivity contribution in [1.29, 1.82) is 0 Å². The molecule has 0 saturated heterocycles.